The molecule has 2 aromatic heterocycles. The van der Waals surface area contributed by atoms with E-state index < -0.39 is 6.09 Å². The second-order valence-corrected chi connectivity index (χ2v) is 8.82. The summed E-state index contributed by atoms with van der Waals surface area (Å²) in [4.78, 5) is 27.7. The van der Waals surface area contributed by atoms with Crippen LogP contribution in [0.1, 0.15) is 31.5 Å². The molecule has 0 aliphatic carbocycles. The van der Waals surface area contributed by atoms with E-state index in [9.17, 15) is 14.7 Å². The van der Waals surface area contributed by atoms with Crippen LogP contribution in [0.4, 0.5) is 10.5 Å². The van der Waals surface area contributed by atoms with Crippen LogP contribution in [-0.2, 0) is 13.0 Å². The van der Waals surface area contributed by atoms with Crippen LogP contribution in [0.15, 0.2) is 53.7 Å². The molecule has 2 heterocycles. The number of rotatable bonds is 10. The number of hydrogen-bond acceptors (Lipinski definition) is 5. The minimum Gasteiger partial charge on any atom is -0.465 e. The van der Waals surface area contributed by atoms with E-state index in [1.807, 2.05) is 44.9 Å². The second kappa shape index (κ2) is 10.9. The van der Waals surface area contributed by atoms with Crippen molar-refractivity contribution in [1.82, 2.24) is 24.5 Å². The highest BCUT2D eigenvalue weighted by molar-refractivity contribution is 5.86. The predicted molar refractivity (Wildman–Crippen MR) is 128 cm³/mol. The Hall–Kier alpha value is -3.46. The second-order valence-electron chi connectivity index (χ2n) is 8.82. The van der Waals surface area contributed by atoms with Crippen molar-refractivity contribution >= 4 is 11.8 Å². The van der Waals surface area contributed by atoms with Crippen molar-refractivity contribution in [2.24, 2.45) is 5.92 Å². The summed E-state index contributed by atoms with van der Waals surface area (Å²) in [5, 5.41) is 18.5. The summed E-state index contributed by atoms with van der Waals surface area (Å²) in [6, 6.07) is 8.75. The molecule has 3 aromatic rings. The van der Waals surface area contributed by atoms with Crippen molar-refractivity contribution in [2.45, 2.75) is 33.2 Å². The van der Waals surface area contributed by atoms with E-state index in [1.165, 1.54) is 11.0 Å². The fourth-order valence-electron chi connectivity index (χ4n) is 3.54. The van der Waals surface area contributed by atoms with Crippen LogP contribution in [0.2, 0.25) is 0 Å². The van der Waals surface area contributed by atoms with Gasteiger partial charge in [0.2, 0.25) is 5.43 Å². The number of carboxylic acid groups (broad SMARTS) is 1. The van der Waals surface area contributed by atoms with Crippen molar-refractivity contribution in [3.05, 3.63) is 70.4 Å². The average molecular weight is 453 g/mol. The molecule has 0 aliphatic rings. The molecular formula is C24H32N6O3. The summed E-state index contributed by atoms with van der Waals surface area (Å²) in [6.45, 7) is 6.12. The molecule has 1 amide bonds. The number of carbonyl (C=O) groups is 1. The van der Waals surface area contributed by atoms with E-state index in [4.69, 9.17) is 0 Å². The third-order valence-corrected chi connectivity index (χ3v) is 5.13. The van der Waals surface area contributed by atoms with Crippen LogP contribution in [0.3, 0.4) is 0 Å². The molecule has 1 aromatic carbocycles. The Morgan fingerprint density at radius 2 is 2.00 bits per heavy atom. The van der Waals surface area contributed by atoms with Gasteiger partial charge >= 0.3 is 6.09 Å². The molecular weight excluding hydrogens is 420 g/mol. The Morgan fingerprint density at radius 1 is 1.21 bits per heavy atom. The number of aryl methyl sites for hydroxylation is 1. The van der Waals surface area contributed by atoms with E-state index in [1.54, 1.807) is 35.3 Å². The first-order chi connectivity index (χ1) is 15.7. The lowest BCUT2D eigenvalue weighted by atomic mass is 10.1. The molecule has 0 fully saturated rings. The fourth-order valence-corrected chi connectivity index (χ4v) is 3.54. The molecule has 9 nitrogen and oxygen atoms in total. The minimum absolute atomic E-state index is 0.160. The molecule has 1 N–H and O–H groups in total. The monoisotopic (exact) mass is 452 g/mol. The normalized spacial score (nSPS) is 11.3. The van der Waals surface area contributed by atoms with Crippen molar-refractivity contribution in [3.63, 3.8) is 0 Å². The quantitative estimate of drug-likeness (QED) is 0.508. The van der Waals surface area contributed by atoms with Gasteiger partial charge in [-0.15, -0.1) is 0 Å². The third kappa shape index (κ3) is 6.76. The van der Waals surface area contributed by atoms with Gasteiger partial charge in [0, 0.05) is 37.5 Å². The Morgan fingerprint density at radius 3 is 2.70 bits per heavy atom. The van der Waals surface area contributed by atoms with Gasteiger partial charge in [-0.3, -0.25) is 14.4 Å². The zero-order valence-corrected chi connectivity index (χ0v) is 19.7. The molecule has 0 atom stereocenters. The highest BCUT2D eigenvalue weighted by Gasteiger charge is 2.16. The Labute approximate surface area is 193 Å². The van der Waals surface area contributed by atoms with Gasteiger partial charge in [-0.25, -0.2) is 9.48 Å². The van der Waals surface area contributed by atoms with Crippen LogP contribution in [-0.4, -0.2) is 62.8 Å². The number of benzene rings is 1. The zero-order chi connectivity index (χ0) is 24.0. The molecule has 0 spiro atoms. The van der Waals surface area contributed by atoms with Gasteiger partial charge in [0.1, 0.15) is 11.4 Å². The standard InChI is InChI=1S/C24H32N6O3/c1-18(2)16-29(24(32)33)20-8-5-7-19(13-20)14-22-23(31)9-12-30(26-22)21-15-25-28(17-21)11-6-10-27(3)4/h5,7-9,12-13,15,17-18H,6,10-11,14,16H2,1-4H3,(H,32,33). The molecule has 3 rings (SSSR count). The molecule has 9 heteroatoms. The lowest BCUT2D eigenvalue weighted by Gasteiger charge is -2.22. The summed E-state index contributed by atoms with van der Waals surface area (Å²) in [7, 11) is 4.08. The molecule has 0 bridgehead atoms. The summed E-state index contributed by atoms with van der Waals surface area (Å²) < 4.78 is 3.52. The first kappa shape index (κ1) is 24.2. The molecule has 0 unspecified atom stereocenters. The summed E-state index contributed by atoms with van der Waals surface area (Å²) in [6.07, 6.45) is 5.57. The van der Waals surface area contributed by atoms with Gasteiger partial charge in [-0.05, 0) is 50.7 Å². The Balaban J connectivity index is 1.79. The smallest absolute Gasteiger partial charge is 0.411 e. The van der Waals surface area contributed by atoms with Crippen LogP contribution >= 0.6 is 0 Å². The van der Waals surface area contributed by atoms with Gasteiger partial charge in [0.15, 0.2) is 0 Å². The van der Waals surface area contributed by atoms with Crippen molar-refractivity contribution in [3.8, 4) is 5.69 Å². The molecule has 33 heavy (non-hydrogen) atoms. The highest BCUT2D eigenvalue weighted by Crippen LogP contribution is 2.19. The maximum absolute atomic E-state index is 12.5. The lowest BCUT2D eigenvalue weighted by molar-refractivity contribution is 0.201. The highest BCUT2D eigenvalue weighted by atomic mass is 16.4. The SMILES string of the molecule is CC(C)CN(C(=O)O)c1cccc(Cc2nn(-c3cnn(CCCN(C)C)c3)ccc2=O)c1. The van der Waals surface area contributed by atoms with Gasteiger partial charge in [0.05, 0.1) is 12.4 Å². The number of anilines is 1. The van der Waals surface area contributed by atoms with Gasteiger partial charge in [-0.1, -0.05) is 26.0 Å². The third-order valence-electron chi connectivity index (χ3n) is 5.13. The largest absolute Gasteiger partial charge is 0.465 e. The average Bonchev–Trinajstić information content (AvgIpc) is 3.22. The molecule has 0 saturated heterocycles. The Kier molecular flexibility index (Phi) is 8.00. The zero-order valence-electron chi connectivity index (χ0n) is 19.7. The van der Waals surface area contributed by atoms with Crippen LogP contribution in [0.25, 0.3) is 5.69 Å². The topological polar surface area (TPSA) is 96.5 Å². The van der Waals surface area contributed by atoms with Crippen molar-refractivity contribution < 1.29 is 9.90 Å². The first-order valence-electron chi connectivity index (χ1n) is 11.1. The molecule has 0 aliphatic heterocycles. The maximum Gasteiger partial charge on any atom is 0.411 e. The van der Waals surface area contributed by atoms with Crippen LogP contribution < -0.4 is 10.3 Å². The van der Waals surface area contributed by atoms with E-state index in [2.05, 4.69) is 15.1 Å². The summed E-state index contributed by atoms with van der Waals surface area (Å²) in [5.74, 6) is 0.191. The summed E-state index contributed by atoms with van der Waals surface area (Å²) in [5.41, 5.74) is 2.42. The van der Waals surface area contributed by atoms with Gasteiger partial charge < -0.3 is 10.0 Å². The lowest BCUT2D eigenvalue weighted by Crippen LogP contribution is -2.32. The van der Waals surface area contributed by atoms with E-state index in [-0.39, 0.29) is 11.3 Å². The van der Waals surface area contributed by atoms with Gasteiger partial charge in [0.25, 0.3) is 0 Å². The number of nitrogens with zero attached hydrogens (tertiary/aromatic N) is 6. The minimum atomic E-state index is -0.997. The maximum atomic E-state index is 12.5. The van der Waals surface area contributed by atoms with Crippen LogP contribution in [0, 0.1) is 5.92 Å². The van der Waals surface area contributed by atoms with Crippen LogP contribution in [0.5, 0.6) is 0 Å². The van der Waals surface area contributed by atoms with E-state index in [0.29, 0.717) is 24.3 Å². The van der Waals surface area contributed by atoms with Crippen molar-refractivity contribution in [1.29, 1.82) is 0 Å². The van der Waals surface area contributed by atoms with E-state index in [0.717, 1.165) is 30.8 Å². The number of amides is 1. The molecule has 0 saturated carbocycles. The summed E-state index contributed by atoms with van der Waals surface area (Å²) >= 11 is 0. The van der Waals surface area contributed by atoms with Gasteiger partial charge in [-0.2, -0.15) is 10.2 Å². The number of hydrogen-bond donors (Lipinski definition) is 1. The predicted octanol–water partition coefficient (Wildman–Crippen LogP) is 3.11. The fraction of sp³-hybridized carbons (Fsp3) is 0.417. The first-order valence-corrected chi connectivity index (χ1v) is 11.1. The van der Waals surface area contributed by atoms with E-state index >= 15 is 0 Å². The number of aromatic nitrogens is 4. The Bertz CT molecular complexity index is 1130. The molecule has 0 radical (unpaired) electrons. The molecule has 176 valence electrons. The van der Waals surface area contributed by atoms with Crippen molar-refractivity contribution in [2.75, 3.05) is 32.1 Å².